The van der Waals surface area contributed by atoms with Crippen molar-refractivity contribution < 1.29 is 0 Å². The van der Waals surface area contributed by atoms with Gasteiger partial charge in [-0.1, -0.05) is 0 Å². The number of aromatic nitrogens is 2. The van der Waals surface area contributed by atoms with Crippen molar-refractivity contribution in [3.8, 4) is 5.69 Å². The summed E-state index contributed by atoms with van der Waals surface area (Å²) >= 11 is 0. The zero-order valence-corrected chi connectivity index (χ0v) is 6.92. The fourth-order valence-electron chi connectivity index (χ4n) is 1.09. The molecular weight excluding hydrogens is 164 g/mol. The van der Waals surface area contributed by atoms with Crippen LogP contribution in [0, 0.1) is 0 Å². The van der Waals surface area contributed by atoms with E-state index in [1.54, 1.807) is 24.8 Å². The van der Waals surface area contributed by atoms with E-state index in [1.165, 1.54) is 12.1 Å². The standard InChI is InChI=1S/C10H8N2O/c13-10-3-6-12(7-4-10)9-2-1-5-11-8-9/h1-8H. The van der Waals surface area contributed by atoms with Crippen LogP contribution in [0.15, 0.2) is 53.8 Å². The molecule has 3 nitrogen and oxygen atoms in total. The average molecular weight is 172 g/mol. The van der Waals surface area contributed by atoms with Crippen molar-refractivity contribution in [2.75, 3.05) is 0 Å². The lowest BCUT2D eigenvalue weighted by Crippen LogP contribution is -2.01. The van der Waals surface area contributed by atoms with Gasteiger partial charge in [0.05, 0.1) is 11.9 Å². The zero-order valence-electron chi connectivity index (χ0n) is 6.92. The maximum absolute atomic E-state index is 10.8. The van der Waals surface area contributed by atoms with Gasteiger partial charge in [-0.3, -0.25) is 9.78 Å². The normalized spacial score (nSPS) is 9.85. The van der Waals surface area contributed by atoms with Crippen molar-refractivity contribution in [3.63, 3.8) is 0 Å². The summed E-state index contributed by atoms with van der Waals surface area (Å²) < 4.78 is 1.84. The molecule has 0 N–H and O–H groups in total. The summed E-state index contributed by atoms with van der Waals surface area (Å²) in [6.07, 6.45) is 6.90. The SMILES string of the molecule is O=c1ccn(-c2cccnc2)cc1. The topological polar surface area (TPSA) is 34.9 Å². The van der Waals surface area contributed by atoms with E-state index in [9.17, 15) is 4.79 Å². The van der Waals surface area contributed by atoms with E-state index in [0.717, 1.165) is 5.69 Å². The van der Waals surface area contributed by atoms with Crippen molar-refractivity contribution in [1.82, 2.24) is 9.55 Å². The molecule has 0 aliphatic rings. The van der Waals surface area contributed by atoms with Crippen LogP contribution >= 0.6 is 0 Å². The second kappa shape index (κ2) is 3.23. The number of nitrogens with zero attached hydrogens (tertiary/aromatic N) is 2. The second-order valence-corrected chi connectivity index (χ2v) is 2.65. The molecule has 2 aromatic rings. The summed E-state index contributed by atoms with van der Waals surface area (Å²) in [4.78, 5) is 14.8. The van der Waals surface area contributed by atoms with Gasteiger partial charge in [0.15, 0.2) is 5.43 Å². The third kappa shape index (κ3) is 1.64. The van der Waals surface area contributed by atoms with Crippen molar-refractivity contribution in [1.29, 1.82) is 0 Å². The van der Waals surface area contributed by atoms with Gasteiger partial charge in [0.2, 0.25) is 0 Å². The van der Waals surface area contributed by atoms with Crippen LogP contribution in [0.1, 0.15) is 0 Å². The molecule has 0 amide bonds. The molecule has 13 heavy (non-hydrogen) atoms. The Kier molecular flexibility index (Phi) is 1.92. The van der Waals surface area contributed by atoms with E-state index in [2.05, 4.69) is 4.98 Å². The van der Waals surface area contributed by atoms with Gasteiger partial charge in [-0.05, 0) is 12.1 Å². The van der Waals surface area contributed by atoms with Crippen molar-refractivity contribution in [2.24, 2.45) is 0 Å². The van der Waals surface area contributed by atoms with Crippen LogP contribution in [0.2, 0.25) is 0 Å². The lowest BCUT2D eigenvalue weighted by molar-refractivity contribution is 1.02. The number of hydrogen-bond donors (Lipinski definition) is 0. The van der Waals surface area contributed by atoms with Crippen molar-refractivity contribution in [2.45, 2.75) is 0 Å². The lowest BCUT2D eigenvalue weighted by atomic mass is 10.4. The van der Waals surface area contributed by atoms with Gasteiger partial charge in [0.25, 0.3) is 0 Å². The van der Waals surface area contributed by atoms with Gasteiger partial charge in [-0.15, -0.1) is 0 Å². The predicted molar refractivity (Wildman–Crippen MR) is 49.8 cm³/mol. The monoisotopic (exact) mass is 172 g/mol. The summed E-state index contributed by atoms with van der Waals surface area (Å²) in [5, 5.41) is 0. The summed E-state index contributed by atoms with van der Waals surface area (Å²) in [7, 11) is 0. The second-order valence-electron chi connectivity index (χ2n) is 2.65. The van der Waals surface area contributed by atoms with Crippen LogP contribution in [0.5, 0.6) is 0 Å². The fourth-order valence-corrected chi connectivity index (χ4v) is 1.09. The van der Waals surface area contributed by atoms with Gasteiger partial charge in [0, 0.05) is 30.7 Å². The third-order valence-corrected chi connectivity index (χ3v) is 1.74. The molecule has 0 unspecified atom stereocenters. The third-order valence-electron chi connectivity index (χ3n) is 1.74. The van der Waals surface area contributed by atoms with Crippen LogP contribution in [0.25, 0.3) is 5.69 Å². The van der Waals surface area contributed by atoms with E-state index in [-0.39, 0.29) is 5.43 Å². The van der Waals surface area contributed by atoms with Gasteiger partial charge in [0.1, 0.15) is 0 Å². The summed E-state index contributed by atoms with van der Waals surface area (Å²) in [6.45, 7) is 0. The molecule has 0 aromatic carbocycles. The van der Waals surface area contributed by atoms with E-state index >= 15 is 0 Å². The Bertz CT molecular complexity index is 427. The Labute approximate surface area is 75.3 Å². The van der Waals surface area contributed by atoms with Crippen molar-refractivity contribution in [3.05, 3.63) is 59.3 Å². The Morgan fingerprint density at radius 1 is 1.15 bits per heavy atom. The zero-order chi connectivity index (χ0) is 9.10. The molecule has 2 aromatic heterocycles. The highest BCUT2D eigenvalue weighted by molar-refractivity contribution is 5.27. The predicted octanol–water partition coefficient (Wildman–Crippen LogP) is 1.23. The summed E-state index contributed by atoms with van der Waals surface area (Å²) in [5.74, 6) is 0. The number of hydrogen-bond acceptors (Lipinski definition) is 2. The fraction of sp³-hybridized carbons (Fsp3) is 0. The van der Waals surface area contributed by atoms with E-state index in [1.807, 2.05) is 16.7 Å². The van der Waals surface area contributed by atoms with Gasteiger partial charge in [-0.2, -0.15) is 0 Å². The molecule has 64 valence electrons. The minimum atomic E-state index is 0.0140. The molecule has 0 aliphatic heterocycles. The Balaban J connectivity index is 2.48. The lowest BCUT2D eigenvalue weighted by Gasteiger charge is -2.03. The smallest absolute Gasteiger partial charge is 0.181 e. The first-order valence-electron chi connectivity index (χ1n) is 3.95. The molecule has 0 atom stereocenters. The summed E-state index contributed by atoms with van der Waals surface area (Å²) in [6, 6.07) is 6.82. The minimum absolute atomic E-state index is 0.0140. The van der Waals surface area contributed by atoms with E-state index in [4.69, 9.17) is 0 Å². The molecule has 0 fully saturated rings. The highest BCUT2D eigenvalue weighted by atomic mass is 16.1. The molecule has 0 saturated heterocycles. The Hall–Kier alpha value is -1.90. The maximum atomic E-state index is 10.8. The quantitative estimate of drug-likeness (QED) is 0.648. The van der Waals surface area contributed by atoms with Gasteiger partial charge in [-0.25, -0.2) is 0 Å². The van der Waals surface area contributed by atoms with Gasteiger partial charge < -0.3 is 4.57 Å². The van der Waals surface area contributed by atoms with Crippen molar-refractivity contribution >= 4 is 0 Å². The Morgan fingerprint density at radius 2 is 1.92 bits per heavy atom. The van der Waals surface area contributed by atoms with E-state index in [0.29, 0.717) is 0 Å². The first kappa shape index (κ1) is 7.73. The summed E-state index contributed by atoms with van der Waals surface area (Å²) in [5.41, 5.74) is 0.961. The largest absolute Gasteiger partial charge is 0.322 e. The highest BCUT2D eigenvalue weighted by Crippen LogP contribution is 2.01. The average Bonchev–Trinajstić information content (AvgIpc) is 2.20. The first-order chi connectivity index (χ1) is 6.36. The molecule has 0 spiro atoms. The molecule has 0 aliphatic carbocycles. The van der Waals surface area contributed by atoms with Crippen LogP contribution in [0.4, 0.5) is 0 Å². The van der Waals surface area contributed by atoms with Crippen LogP contribution in [-0.2, 0) is 0 Å². The van der Waals surface area contributed by atoms with E-state index < -0.39 is 0 Å². The molecule has 0 radical (unpaired) electrons. The molecule has 0 saturated carbocycles. The van der Waals surface area contributed by atoms with Crippen LogP contribution in [0.3, 0.4) is 0 Å². The molecular formula is C10H8N2O. The highest BCUT2D eigenvalue weighted by Gasteiger charge is 1.91. The molecule has 0 bridgehead atoms. The molecule has 3 heteroatoms. The number of rotatable bonds is 1. The first-order valence-corrected chi connectivity index (χ1v) is 3.95. The number of pyridine rings is 2. The Morgan fingerprint density at radius 3 is 2.54 bits per heavy atom. The van der Waals surface area contributed by atoms with Gasteiger partial charge >= 0.3 is 0 Å². The molecule has 2 heterocycles. The minimum Gasteiger partial charge on any atom is -0.322 e. The molecule has 2 rings (SSSR count). The van der Waals surface area contributed by atoms with Crippen LogP contribution < -0.4 is 5.43 Å². The maximum Gasteiger partial charge on any atom is 0.181 e. The van der Waals surface area contributed by atoms with Crippen LogP contribution in [-0.4, -0.2) is 9.55 Å².